The van der Waals surface area contributed by atoms with Crippen LogP contribution >= 0.6 is 0 Å². The van der Waals surface area contributed by atoms with Gasteiger partial charge in [-0.1, -0.05) is 48.0 Å². The Kier molecular flexibility index (Phi) is 4.37. The van der Waals surface area contributed by atoms with Crippen molar-refractivity contribution in [2.75, 3.05) is 13.7 Å². The van der Waals surface area contributed by atoms with E-state index in [2.05, 4.69) is 36.5 Å². The average Bonchev–Trinajstić information content (AvgIpc) is 2.42. The normalized spacial score (nSPS) is 12.1. The predicted octanol–water partition coefficient (Wildman–Crippen LogP) is 3.33. The first-order valence-corrected chi connectivity index (χ1v) is 6.21. The molecule has 0 spiro atoms. The highest BCUT2D eigenvalue weighted by atomic mass is 16.5. The highest BCUT2D eigenvalue weighted by molar-refractivity contribution is 5.25. The van der Waals surface area contributed by atoms with Gasteiger partial charge in [0, 0.05) is 0 Å². The third-order valence-electron chi connectivity index (χ3n) is 2.99. The van der Waals surface area contributed by atoms with E-state index in [0.717, 1.165) is 5.75 Å². The van der Waals surface area contributed by atoms with E-state index in [1.165, 1.54) is 11.1 Å². The Labute approximate surface area is 109 Å². The van der Waals surface area contributed by atoms with Crippen LogP contribution in [-0.4, -0.2) is 13.7 Å². The quantitative estimate of drug-likeness (QED) is 0.867. The number of benzene rings is 2. The first-order valence-electron chi connectivity index (χ1n) is 6.21. The molecule has 0 amide bonds. The summed E-state index contributed by atoms with van der Waals surface area (Å²) in [6, 6.07) is 18.7. The zero-order valence-corrected chi connectivity index (χ0v) is 10.9. The van der Waals surface area contributed by atoms with E-state index >= 15 is 0 Å². The molecule has 18 heavy (non-hydrogen) atoms. The van der Waals surface area contributed by atoms with Crippen LogP contribution < -0.4 is 10.1 Å². The number of nitrogens with one attached hydrogen (secondary N) is 1. The molecule has 0 radical (unpaired) electrons. The van der Waals surface area contributed by atoms with Crippen LogP contribution in [0.3, 0.4) is 0 Å². The maximum Gasteiger partial charge on any atom is 0.119 e. The molecule has 2 aromatic rings. The lowest BCUT2D eigenvalue weighted by molar-refractivity contribution is 0.273. The van der Waals surface area contributed by atoms with Crippen LogP contribution in [0.15, 0.2) is 54.6 Å². The Bertz CT molecular complexity index is 464. The number of para-hydroxylation sites is 1. The molecule has 0 aliphatic carbocycles. The topological polar surface area (TPSA) is 21.3 Å². The van der Waals surface area contributed by atoms with Gasteiger partial charge >= 0.3 is 0 Å². The maximum atomic E-state index is 5.78. The number of aryl methyl sites for hydroxylation is 1. The van der Waals surface area contributed by atoms with Gasteiger partial charge in [-0.25, -0.2) is 0 Å². The zero-order valence-electron chi connectivity index (χ0n) is 10.9. The molecule has 0 fully saturated rings. The summed E-state index contributed by atoms with van der Waals surface area (Å²) in [6.07, 6.45) is 0. The molecule has 1 atom stereocenters. The minimum Gasteiger partial charge on any atom is -0.492 e. The van der Waals surface area contributed by atoms with Crippen molar-refractivity contribution < 1.29 is 4.74 Å². The first-order chi connectivity index (χ1) is 8.79. The van der Waals surface area contributed by atoms with Crippen LogP contribution in [0.2, 0.25) is 0 Å². The summed E-state index contributed by atoms with van der Waals surface area (Å²) in [5.41, 5.74) is 2.52. The maximum absolute atomic E-state index is 5.78. The Hall–Kier alpha value is -1.80. The lowest BCUT2D eigenvalue weighted by Gasteiger charge is -2.17. The molecule has 2 rings (SSSR count). The first kappa shape index (κ1) is 12.7. The molecule has 2 nitrogen and oxygen atoms in total. The van der Waals surface area contributed by atoms with Gasteiger partial charge in [0.25, 0.3) is 0 Å². The van der Waals surface area contributed by atoms with Crippen LogP contribution in [0.1, 0.15) is 17.2 Å². The van der Waals surface area contributed by atoms with Crippen molar-refractivity contribution in [3.05, 3.63) is 65.7 Å². The highest BCUT2D eigenvalue weighted by Gasteiger charge is 2.09. The van der Waals surface area contributed by atoms with Gasteiger partial charge in [0.05, 0.1) is 6.04 Å². The van der Waals surface area contributed by atoms with Crippen molar-refractivity contribution in [3.8, 4) is 5.75 Å². The van der Waals surface area contributed by atoms with E-state index in [4.69, 9.17) is 4.74 Å². The van der Waals surface area contributed by atoms with Gasteiger partial charge in [-0.3, -0.25) is 0 Å². The van der Waals surface area contributed by atoms with Crippen molar-refractivity contribution in [3.63, 3.8) is 0 Å². The SMILES string of the molecule is CNC(COc1ccccc1)c1ccc(C)cc1. The van der Waals surface area contributed by atoms with Crippen LogP contribution in [-0.2, 0) is 0 Å². The van der Waals surface area contributed by atoms with Crippen molar-refractivity contribution in [1.29, 1.82) is 0 Å². The average molecular weight is 241 g/mol. The number of ether oxygens (including phenoxy) is 1. The second kappa shape index (κ2) is 6.22. The summed E-state index contributed by atoms with van der Waals surface area (Å²) in [7, 11) is 1.96. The summed E-state index contributed by atoms with van der Waals surface area (Å²) >= 11 is 0. The van der Waals surface area contributed by atoms with Gasteiger partial charge in [0.15, 0.2) is 0 Å². The fraction of sp³-hybridized carbons (Fsp3) is 0.250. The van der Waals surface area contributed by atoms with Crippen molar-refractivity contribution in [2.24, 2.45) is 0 Å². The number of rotatable bonds is 5. The van der Waals surface area contributed by atoms with Gasteiger partial charge < -0.3 is 10.1 Å². The van der Waals surface area contributed by atoms with Gasteiger partial charge in [-0.2, -0.15) is 0 Å². The molecule has 2 heteroatoms. The molecule has 0 aromatic heterocycles. The molecular weight excluding hydrogens is 222 g/mol. The van der Waals surface area contributed by atoms with Crippen LogP contribution in [0, 0.1) is 6.92 Å². The number of likely N-dealkylation sites (N-methyl/N-ethyl adjacent to an activating group) is 1. The Morgan fingerprint density at radius 1 is 1.00 bits per heavy atom. The van der Waals surface area contributed by atoms with Crippen LogP contribution in [0.25, 0.3) is 0 Å². The second-order valence-electron chi connectivity index (χ2n) is 4.38. The molecule has 0 aliphatic heterocycles. The van der Waals surface area contributed by atoms with Crippen molar-refractivity contribution in [1.82, 2.24) is 5.32 Å². The monoisotopic (exact) mass is 241 g/mol. The molecule has 2 aromatic carbocycles. The van der Waals surface area contributed by atoms with E-state index in [0.29, 0.717) is 6.61 Å². The van der Waals surface area contributed by atoms with Gasteiger partial charge in [0.1, 0.15) is 12.4 Å². The molecule has 0 heterocycles. The molecule has 1 unspecified atom stereocenters. The Morgan fingerprint density at radius 3 is 2.28 bits per heavy atom. The molecular formula is C16H19NO. The summed E-state index contributed by atoms with van der Waals surface area (Å²) in [5, 5.41) is 3.28. The van der Waals surface area contributed by atoms with Crippen LogP contribution in [0.4, 0.5) is 0 Å². The summed E-state index contributed by atoms with van der Waals surface area (Å²) in [4.78, 5) is 0. The Morgan fingerprint density at radius 2 is 1.67 bits per heavy atom. The molecule has 1 N–H and O–H groups in total. The van der Waals surface area contributed by atoms with E-state index in [9.17, 15) is 0 Å². The fourth-order valence-corrected chi connectivity index (χ4v) is 1.84. The molecule has 94 valence electrons. The van der Waals surface area contributed by atoms with E-state index < -0.39 is 0 Å². The minimum atomic E-state index is 0.214. The second-order valence-corrected chi connectivity index (χ2v) is 4.38. The van der Waals surface area contributed by atoms with Gasteiger partial charge in [-0.05, 0) is 31.7 Å². The Balaban J connectivity index is 1.99. The summed E-state index contributed by atoms with van der Waals surface area (Å²) in [5.74, 6) is 0.907. The largest absolute Gasteiger partial charge is 0.492 e. The molecule has 0 saturated carbocycles. The standard InChI is InChI=1S/C16H19NO/c1-13-8-10-14(11-9-13)16(17-2)12-18-15-6-4-3-5-7-15/h3-11,16-17H,12H2,1-2H3. The van der Waals surface area contributed by atoms with E-state index in [-0.39, 0.29) is 6.04 Å². The van der Waals surface area contributed by atoms with E-state index in [1.54, 1.807) is 0 Å². The number of hydrogen-bond acceptors (Lipinski definition) is 2. The lowest BCUT2D eigenvalue weighted by atomic mass is 10.1. The third kappa shape index (κ3) is 3.34. The smallest absolute Gasteiger partial charge is 0.119 e. The molecule has 0 saturated heterocycles. The lowest BCUT2D eigenvalue weighted by Crippen LogP contribution is -2.23. The summed E-state index contributed by atoms with van der Waals surface area (Å²) < 4.78 is 5.78. The minimum absolute atomic E-state index is 0.214. The van der Waals surface area contributed by atoms with Crippen molar-refractivity contribution >= 4 is 0 Å². The molecule has 0 aliphatic rings. The zero-order chi connectivity index (χ0) is 12.8. The fourth-order valence-electron chi connectivity index (χ4n) is 1.84. The highest BCUT2D eigenvalue weighted by Crippen LogP contribution is 2.16. The van der Waals surface area contributed by atoms with E-state index in [1.807, 2.05) is 37.4 Å². The third-order valence-corrected chi connectivity index (χ3v) is 2.99. The predicted molar refractivity (Wildman–Crippen MR) is 74.9 cm³/mol. The van der Waals surface area contributed by atoms with Gasteiger partial charge in [0.2, 0.25) is 0 Å². The number of hydrogen-bond donors (Lipinski definition) is 1. The van der Waals surface area contributed by atoms with Crippen LogP contribution in [0.5, 0.6) is 5.75 Å². The molecule has 0 bridgehead atoms. The summed E-state index contributed by atoms with van der Waals surface area (Å²) in [6.45, 7) is 2.72. The van der Waals surface area contributed by atoms with Gasteiger partial charge in [-0.15, -0.1) is 0 Å². The van der Waals surface area contributed by atoms with Crippen molar-refractivity contribution in [2.45, 2.75) is 13.0 Å².